The maximum Gasteiger partial charge on any atom is 0.331 e. The van der Waals surface area contributed by atoms with Crippen molar-refractivity contribution in [1.82, 2.24) is 9.57 Å². The van der Waals surface area contributed by atoms with Crippen LogP contribution in [0.25, 0.3) is 0 Å². The van der Waals surface area contributed by atoms with E-state index in [1.165, 1.54) is 0 Å². The van der Waals surface area contributed by atoms with Crippen molar-refractivity contribution in [3.8, 4) is 0 Å². The van der Waals surface area contributed by atoms with E-state index in [4.69, 9.17) is 0 Å². The Kier molecular flexibility index (Phi) is 3.07. The molecule has 0 amide bonds. The largest absolute Gasteiger partial charge is 0.331 e. The van der Waals surface area contributed by atoms with Crippen molar-refractivity contribution in [2.75, 3.05) is 13.6 Å². The predicted molar refractivity (Wildman–Crippen MR) is 33.6 cm³/mol. The van der Waals surface area contributed by atoms with Gasteiger partial charge in [-0.2, -0.15) is 0 Å². The highest BCUT2D eigenvalue weighted by Crippen LogP contribution is 1.66. The van der Waals surface area contributed by atoms with Crippen molar-refractivity contribution in [1.29, 1.82) is 0 Å². The second-order valence-corrected chi connectivity index (χ2v) is 1.37. The summed E-state index contributed by atoms with van der Waals surface area (Å²) in [5.74, 6) is 0. The molecule has 7 heavy (non-hydrogen) atoms. The molecule has 0 saturated heterocycles. The van der Waals surface area contributed by atoms with Gasteiger partial charge < -0.3 is 0 Å². The summed E-state index contributed by atoms with van der Waals surface area (Å²) in [6.07, 6.45) is 1.69. The normalized spacial score (nSPS) is 7.14. The molecule has 0 aliphatic carbocycles. The summed E-state index contributed by atoms with van der Waals surface area (Å²) < 4.78 is 3.56. The summed E-state index contributed by atoms with van der Waals surface area (Å²) in [5, 5.41) is 0. The van der Waals surface area contributed by atoms with Crippen molar-refractivity contribution in [3.05, 3.63) is 0 Å². The van der Waals surface area contributed by atoms with Crippen LogP contribution < -0.4 is 4.67 Å². The van der Waals surface area contributed by atoms with E-state index >= 15 is 0 Å². The molecule has 0 aromatic rings. The number of rotatable bonds is 2. The Labute approximate surface area is 44.2 Å². The van der Waals surface area contributed by atoms with Gasteiger partial charge in [-0.05, 0) is 6.92 Å². The molecule has 0 aliphatic heterocycles. The van der Waals surface area contributed by atoms with E-state index in [0.717, 1.165) is 6.54 Å². The van der Waals surface area contributed by atoms with Gasteiger partial charge in [-0.25, -0.2) is 4.67 Å². The zero-order chi connectivity index (χ0) is 5.70. The molecule has 0 spiro atoms. The molecule has 0 heterocycles. The first-order valence-corrected chi connectivity index (χ1v) is 2.30. The van der Waals surface area contributed by atoms with Gasteiger partial charge in [0, 0.05) is 0 Å². The molecule has 2 heteroatoms. The van der Waals surface area contributed by atoms with E-state index < -0.39 is 0 Å². The van der Waals surface area contributed by atoms with Crippen LogP contribution in [0.1, 0.15) is 6.92 Å². The Morgan fingerprint density at radius 3 is 2.57 bits per heavy atom. The second-order valence-electron chi connectivity index (χ2n) is 1.37. The molecule has 0 radical (unpaired) electrons. The fourth-order valence-corrected chi connectivity index (χ4v) is 0.221. The topological polar surface area (TPSA) is 17.3 Å². The minimum atomic E-state index is 0.985. The fraction of sp³-hybridized carbons (Fsp3) is 0.600. The summed E-state index contributed by atoms with van der Waals surface area (Å²) in [4.78, 5) is 1.95. The third-order valence-corrected chi connectivity index (χ3v) is 0.778. The van der Waals surface area contributed by atoms with Gasteiger partial charge in [-0.3, -0.25) is 4.90 Å². The van der Waals surface area contributed by atoms with Crippen LogP contribution in [0.2, 0.25) is 0 Å². The average molecular weight is 99.2 g/mol. The van der Waals surface area contributed by atoms with Gasteiger partial charge >= 0.3 is 6.34 Å². The van der Waals surface area contributed by atoms with Crippen LogP contribution in [0, 0.1) is 0 Å². The van der Waals surface area contributed by atoms with Crippen molar-refractivity contribution in [3.63, 3.8) is 0 Å². The van der Waals surface area contributed by atoms with Crippen LogP contribution in [0.4, 0.5) is 0 Å². The van der Waals surface area contributed by atoms with Crippen LogP contribution in [-0.2, 0) is 0 Å². The molecule has 40 valence electrons. The Hall–Kier alpha value is -0.750. The molecule has 0 fully saturated rings. The minimum absolute atomic E-state index is 0.985. The molecule has 0 N–H and O–H groups in total. The lowest BCUT2D eigenvalue weighted by atomic mass is 10.7. The van der Waals surface area contributed by atoms with Gasteiger partial charge in [0.25, 0.3) is 0 Å². The highest BCUT2D eigenvalue weighted by Gasteiger charge is 1.88. The first-order valence-electron chi connectivity index (χ1n) is 2.30. The van der Waals surface area contributed by atoms with Crippen LogP contribution in [-0.4, -0.2) is 31.5 Å². The number of hydrogen-bond donors (Lipinski definition) is 0. The lowest BCUT2D eigenvalue weighted by molar-refractivity contribution is 0.551. The van der Waals surface area contributed by atoms with Gasteiger partial charge in [0.15, 0.2) is 6.72 Å². The summed E-state index contributed by atoms with van der Waals surface area (Å²) in [6.45, 7) is 6.34. The van der Waals surface area contributed by atoms with Gasteiger partial charge in [-0.15, -0.1) is 0 Å². The molecule has 0 aromatic carbocycles. The molecule has 0 aromatic heterocycles. The molecule has 0 saturated carbocycles. The Balaban J connectivity index is 3.35. The third kappa shape index (κ3) is 3.07. The third-order valence-electron chi connectivity index (χ3n) is 0.778. The Morgan fingerprint density at radius 2 is 2.43 bits per heavy atom. The number of nitrogens with zero attached hydrogens (tertiary/aromatic N) is 2. The maximum absolute atomic E-state index is 3.56. The first kappa shape index (κ1) is 6.25. The van der Waals surface area contributed by atoms with Crippen molar-refractivity contribution in [2.24, 2.45) is 0 Å². The van der Waals surface area contributed by atoms with E-state index in [9.17, 15) is 0 Å². The van der Waals surface area contributed by atoms with Gasteiger partial charge in [0.1, 0.15) is 0 Å². The Bertz CT molecular complexity index is 82.1. The SMILES string of the molecule is C=[N+]=CN(C)CC. The lowest BCUT2D eigenvalue weighted by Gasteiger charge is -1.94. The molecule has 0 aliphatic rings. The smallest absolute Gasteiger partial charge is 0.258 e. The summed E-state index contributed by atoms with van der Waals surface area (Å²) in [5.41, 5.74) is 0. The highest BCUT2D eigenvalue weighted by atomic mass is 15.1. The Morgan fingerprint density at radius 1 is 1.86 bits per heavy atom. The van der Waals surface area contributed by atoms with Crippen molar-refractivity contribution >= 4 is 13.1 Å². The maximum atomic E-state index is 3.56. The minimum Gasteiger partial charge on any atom is -0.258 e. The molecule has 0 rings (SSSR count). The van der Waals surface area contributed by atoms with Gasteiger partial charge in [0.2, 0.25) is 0 Å². The molecule has 0 bridgehead atoms. The van der Waals surface area contributed by atoms with Crippen LogP contribution >= 0.6 is 0 Å². The van der Waals surface area contributed by atoms with E-state index in [-0.39, 0.29) is 0 Å². The molecule has 0 unspecified atom stereocenters. The molecule has 2 nitrogen and oxygen atoms in total. The summed E-state index contributed by atoms with van der Waals surface area (Å²) in [7, 11) is 1.95. The fourth-order valence-electron chi connectivity index (χ4n) is 0.221. The first-order chi connectivity index (χ1) is 3.31. The van der Waals surface area contributed by atoms with Crippen LogP contribution in [0.3, 0.4) is 0 Å². The predicted octanol–water partition coefficient (Wildman–Crippen LogP) is -0.266. The average Bonchev–Trinajstić information content (AvgIpc) is 1.68. The standard InChI is InChI=1S/C5H11N2/c1-4-7(3)5-6-2/h5H,2,4H2,1,3H3/q+1. The van der Waals surface area contributed by atoms with Crippen LogP contribution in [0.5, 0.6) is 0 Å². The summed E-state index contributed by atoms with van der Waals surface area (Å²) in [6, 6.07) is 0. The van der Waals surface area contributed by atoms with Crippen molar-refractivity contribution < 1.29 is 0 Å². The quantitative estimate of drug-likeness (QED) is 0.265. The zero-order valence-electron chi connectivity index (χ0n) is 4.89. The zero-order valence-corrected chi connectivity index (χ0v) is 4.89. The monoisotopic (exact) mass is 99.1 g/mol. The molecule has 0 atom stereocenters. The van der Waals surface area contributed by atoms with Gasteiger partial charge in [-0.1, -0.05) is 0 Å². The molecular formula is C5H11N2+. The van der Waals surface area contributed by atoms with Gasteiger partial charge in [0.05, 0.1) is 13.6 Å². The van der Waals surface area contributed by atoms with E-state index in [0.29, 0.717) is 0 Å². The summed E-state index contributed by atoms with van der Waals surface area (Å²) >= 11 is 0. The second kappa shape index (κ2) is 3.44. The molecular weight excluding hydrogens is 88.1 g/mol. The van der Waals surface area contributed by atoms with Crippen LogP contribution in [0.15, 0.2) is 0 Å². The highest BCUT2D eigenvalue weighted by molar-refractivity contribution is 5.55. The van der Waals surface area contributed by atoms with E-state index in [2.05, 4.69) is 18.3 Å². The number of hydrogen-bond acceptors (Lipinski definition) is 0. The van der Waals surface area contributed by atoms with E-state index in [1.54, 1.807) is 6.34 Å². The van der Waals surface area contributed by atoms with Crippen molar-refractivity contribution in [2.45, 2.75) is 6.92 Å². The lowest BCUT2D eigenvalue weighted by Crippen LogP contribution is -2.15. The van der Waals surface area contributed by atoms with E-state index in [1.807, 2.05) is 11.9 Å².